The van der Waals surface area contributed by atoms with E-state index >= 15 is 0 Å². The lowest BCUT2D eigenvalue weighted by Gasteiger charge is -2.07. The van der Waals surface area contributed by atoms with Crippen LogP contribution in [0.5, 0.6) is 5.75 Å². The molecule has 0 aliphatic rings. The van der Waals surface area contributed by atoms with Crippen LogP contribution in [-0.2, 0) is 13.7 Å². The van der Waals surface area contributed by atoms with Crippen molar-refractivity contribution in [1.82, 2.24) is 9.55 Å². The third-order valence-electron chi connectivity index (χ3n) is 2.47. The van der Waals surface area contributed by atoms with E-state index in [9.17, 15) is 9.18 Å². The molecule has 1 heterocycles. The van der Waals surface area contributed by atoms with Gasteiger partial charge in [0.05, 0.1) is 23.8 Å². The van der Waals surface area contributed by atoms with Crippen LogP contribution in [0.2, 0.25) is 0 Å². The fraction of sp³-hybridized carbons (Fsp3) is 0.167. The molecule has 0 aliphatic heterocycles. The summed E-state index contributed by atoms with van der Waals surface area (Å²) in [6.07, 6.45) is 3.23. The first-order valence-corrected chi connectivity index (χ1v) is 5.19. The van der Waals surface area contributed by atoms with Crippen molar-refractivity contribution in [1.29, 1.82) is 0 Å². The zero-order valence-corrected chi connectivity index (χ0v) is 9.63. The molecule has 0 fully saturated rings. The minimum atomic E-state index is -1.17. The minimum Gasteiger partial charge on any atom is -0.484 e. The van der Waals surface area contributed by atoms with Gasteiger partial charge in [-0.2, -0.15) is 0 Å². The zero-order chi connectivity index (χ0) is 13.1. The lowest BCUT2D eigenvalue weighted by atomic mass is 10.2. The molecule has 1 N–H and O–H groups in total. The van der Waals surface area contributed by atoms with Gasteiger partial charge in [-0.25, -0.2) is 14.2 Å². The van der Waals surface area contributed by atoms with Gasteiger partial charge in [0.15, 0.2) is 11.6 Å². The number of rotatable bonds is 4. The topological polar surface area (TPSA) is 64.4 Å². The number of imidazole rings is 1. The second-order valence-electron chi connectivity index (χ2n) is 3.73. The van der Waals surface area contributed by atoms with Crippen molar-refractivity contribution >= 4 is 5.97 Å². The van der Waals surface area contributed by atoms with Crippen LogP contribution >= 0.6 is 0 Å². The summed E-state index contributed by atoms with van der Waals surface area (Å²) in [6.45, 7) is 0.167. The fourth-order valence-corrected chi connectivity index (χ4v) is 1.43. The predicted octanol–water partition coefficient (Wildman–Crippen LogP) is 1.84. The Labute approximate surface area is 102 Å². The van der Waals surface area contributed by atoms with Gasteiger partial charge < -0.3 is 14.4 Å². The van der Waals surface area contributed by atoms with E-state index in [1.165, 1.54) is 12.1 Å². The van der Waals surface area contributed by atoms with Gasteiger partial charge in [-0.3, -0.25) is 0 Å². The van der Waals surface area contributed by atoms with Crippen molar-refractivity contribution in [3.8, 4) is 5.75 Å². The van der Waals surface area contributed by atoms with E-state index in [2.05, 4.69) is 4.98 Å². The molecule has 0 spiro atoms. The Bertz CT molecular complexity index is 580. The Kier molecular flexibility index (Phi) is 3.27. The number of aryl methyl sites for hydroxylation is 1. The highest BCUT2D eigenvalue weighted by Crippen LogP contribution is 2.19. The number of nitrogens with zero attached hydrogens (tertiary/aromatic N) is 2. The number of carboxylic acids is 1. The number of hydrogen-bond acceptors (Lipinski definition) is 3. The minimum absolute atomic E-state index is 0.0150. The SMILES string of the molecule is Cn1cncc1COc1ccc(C(=O)O)cc1F. The molecular formula is C12H11FN2O3. The molecule has 5 nitrogen and oxygen atoms in total. The van der Waals surface area contributed by atoms with Crippen LogP contribution in [0, 0.1) is 5.82 Å². The maximum atomic E-state index is 13.5. The van der Waals surface area contributed by atoms with Gasteiger partial charge in [0.25, 0.3) is 0 Å². The van der Waals surface area contributed by atoms with Crippen LogP contribution in [-0.4, -0.2) is 20.6 Å². The van der Waals surface area contributed by atoms with Gasteiger partial charge in [0, 0.05) is 7.05 Å². The summed E-state index contributed by atoms with van der Waals surface area (Å²) in [5.41, 5.74) is 0.678. The standard InChI is InChI=1S/C12H11FN2O3/c1-15-7-14-5-9(15)6-18-11-3-2-8(12(16)17)4-10(11)13/h2-5,7H,6H2,1H3,(H,16,17). The summed E-state index contributed by atoms with van der Waals surface area (Å²) < 4.78 is 20.6. The first kappa shape index (κ1) is 12.1. The maximum Gasteiger partial charge on any atom is 0.335 e. The number of hydrogen-bond donors (Lipinski definition) is 1. The molecule has 6 heteroatoms. The van der Waals surface area contributed by atoms with E-state index in [0.717, 1.165) is 11.8 Å². The van der Waals surface area contributed by atoms with Gasteiger partial charge in [0.2, 0.25) is 0 Å². The summed E-state index contributed by atoms with van der Waals surface area (Å²) in [5, 5.41) is 8.70. The Morgan fingerprint density at radius 2 is 2.33 bits per heavy atom. The van der Waals surface area contributed by atoms with Crippen molar-refractivity contribution in [2.24, 2.45) is 7.05 Å². The van der Waals surface area contributed by atoms with Crippen molar-refractivity contribution in [2.75, 3.05) is 0 Å². The molecule has 18 heavy (non-hydrogen) atoms. The van der Waals surface area contributed by atoms with Crippen LogP contribution < -0.4 is 4.74 Å². The van der Waals surface area contributed by atoms with Crippen LogP contribution in [0.25, 0.3) is 0 Å². The molecule has 1 aromatic heterocycles. The Morgan fingerprint density at radius 1 is 1.56 bits per heavy atom. The van der Waals surface area contributed by atoms with Crippen LogP contribution in [0.1, 0.15) is 16.1 Å². The number of benzene rings is 1. The summed E-state index contributed by atoms with van der Waals surface area (Å²) in [7, 11) is 1.80. The number of carbonyl (C=O) groups is 1. The van der Waals surface area contributed by atoms with E-state index in [1.54, 1.807) is 24.1 Å². The van der Waals surface area contributed by atoms with E-state index in [0.29, 0.717) is 0 Å². The Hall–Kier alpha value is -2.37. The third-order valence-corrected chi connectivity index (χ3v) is 2.47. The van der Waals surface area contributed by atoms with E-state index < -0.39 is 11.8 Å². The first-order valence-electron chi connectivity index (χ1n) is 5.19. The molecule has 0 radical (unpaired) electrons. The molecule has 2 aromatic rings. The van der Waals surface area contributed by atoms with E-state index in [4.69, 9.17) is 9.84 Å². The second-order valence-corrected chi connectivity index (χ2v) is 3.73. The number of aromatic carboxylic acids is 1. The molecule has 0 bridgehead atoms. The lowest BCUT2D eigenvalue weighted by Crippen LogP contribution is -2.03. The van der Waals surface area contributed by atoms with Crippen LogP contribution in [0.3, 0.4) is 0 Å². The van der Waals surface area contributed by atoms with E-state index in [-0.39, 0.29) is 17.9 Å². The number of aromatic nitrogens is 2. The Morgan fingerprint density at radius 3 is 2.89 bits per heavy atom. The summed E-state index contributed by atoms with van der Waals surface area (Å²) in [6, 6.07) is 3.53. The van der Waals surface area contributed by atoms with E-state index in [1.807, 2.05) is 0 Å². The zero-order valence-electron chi connectivity index (χ0n) is 9.63. The molecule has 0 saturated heterocycles. The normalized spacial score (nSPS) is 10.3. The monoisotopic (exact) mass is 250 g/mol. The fourth-order valence-electron chi connectivity index (χ4n) is 1.43. The summed E-state index contributed by atoms with van der Waals surface area (Å²) in [5.74, 6) is -1.86. The van der Waals surface area contributed by atoms with Crippen LogP contribution in [0.15, 0.2) is 30.7 Å². The summed E-state index contributed by atoms with van der Waals surface area (Å²) >= 11 is 0. The number of carboxylic acid groups (broad SMARTS) is 1. The van der Waals surface area contributed by atoms with Gasteiger partial charge in [-0.15, -0.1) is 0 Å². The molecule has 1 aromatic carbocycles. The smallest absolute Gasteiger partial charge is 0.335 e. The van der Waals surface area contributed by atoms with Crippen molar-refractivity contribution in [2.45, 2.75) is 6.61 Å². The molecule has 0 atom stereocenters. The van der Waals surface area contributed by atoms with Gasteiger partial charge in [0.1, 0.15) is 6.61 Å². The highest BCUT2D eigenvalue weighted by molar-refractivity contribution is 5.87. The second kappa shape index (κ2) is 4.87. The molecule has 0 saturated carbocycles. The van der Waals surface area contributed by atoms with Crippen LogP contribution in [0.4, 0.5) is 4.39 Å². The van der Waals surface area contributed by atoms with Crippen molar-refractivity contribution < 1.29 is 19.0 Å². The molecular weight excluding hydrogens is 239 g/mol. The van der Waals surface area contributed by atoms with Gasteiger partial charge >= 0.3 is 5.97 Å². The lowest BCUT2D eigenvalue weighted by molar-refractivity contribution is 0.0696. The van der Waals surface area contributed by atoms with Gasteiger partial charge in [-0.05, 0) is 18.2 Å². The number of ether oxygens (including phenoxy) is 1. The number of halogens is 1. The van der Waals surface area contributed by atoms with Gasteiger partial charge in [-0.1, -0.05) is 0 Å². The average molecular weight is 250 g/mol. The third kappa shape index (κ3) is 2.48. The molecule has 0 aliphatic carbocycles. The Balaban J connectivity index is 2.11. The van der Waals surface area contributed by atoms with Crippen molar-refractivity contribution in [3.63, 3.8) is 0 Å². The van der Waals surface area contributed by atoms with Crippen molar-refractivity contribution in [3.05, 3.63) is 47.8 Å². The predicted molar refractivity (Wildman–Crippen MR) is 60.9 cm³/mol. The molecule has 2 rings (SSSR count). The molecule has 94 valence electrons. The largest absolute Gasteiger partial charge is 0.484 e. The maximum absolute atomic E-state index is 13.5. The highest BCUT2D eigenvalue weighted by Gasteiger charge is 2.09. The summed E-state index contributed by atoms with van der Waals surface area (Å²) in [4.78, 5) is 14.5. The molecule has 0 unspecified atom stereocenters. The quantitative estimate of drug-likeness (QED) is 0.899. The highest BCUT2D eigenvalue weighted by atomic mass is 19.1. The average Bonchev–Trinajstić information content (AvgIpc) is 2.73. The first-order chi connectivity index (χ1) is 8.58. The molecule has 0 amide bonds.